The number of hydrogen-bond donors (Lipinski definition) is 0. The van der Waals surface area contributed by atoms with Crippen LogP contribution >= 0.6 is 0 Å². The molecule has 0 aromatic heterocycles. The molecule has 0 rings (SSSR count). The molecule has 0 aliphatic rings. The van der Waals surface area contributed by atoms with Gasteiger partial charge in [-0.15, -0.1) is 5.32 Å². The molecule has 1 radical (unpaired) electrons. The Morgan fingerprint density at radius 3 is 0.926 bits per heavy atom. The molecule has 5 nitrogen and oxygen atoms in total. The highest BCUT2D eigenvalue weighted by molar-refractivity contribution is 4.75. The van der Waals surface area contributed by atoms with E-state index in [9.17, 15) is 0 Å². The Labute approximate surface area is 168 Å². The van der Waals surface area contributed by atoms with E-state index in [2.05, 4.69) is 41.5 Å². The third kappa shape index (κ3) is 11.4. The van der Waals surface area contributed by atoms with E-state index in [0.717, 1.165) is 51.4 Å². The van der Waals surface area contributed by atoms with Crippen molar-refractivity contribution in [3.8, 4) is 0 Å². The van der Waals surface area contributed by atoms with Gasteiger partial charge in [0.1, 0.15) is 0 Å². The molecule has 0 aromatic rings. The Kier molecular flexibility index (Phi) is 16.6. The molecule has 0 atom stereocenters. The predicted octanol–water partition coefficient (Wildman–Crippen LogP) is 5.99. The van der Waals surface area contributed by atoms with Crippen molar-refractivity contribution in [3.05, 3.63) is 0 Å². The molecular weight excluding hydrogens is 342 g/mol. The highest BCUT2D eigenvalue weighted by Gasteiger charge is 2.44. The lowest BCUT2D eigenvalue weighted by molar-refractivity contribution is -0.349. The monoisotopic (exact) mass is 388 g/mol. The quantitative estimate of drug-likeness (QED) is 0.190. The highest BCUT2D eigenvalue weighted by Crippen LogP contribution is 2.27. The molecule has 163 valence electrons. The minimum Gasteiger partial charge on any atom is -0.336 e. The molecule has 0 aromatic carbocycles. The van der Waals surface area contributed by atoms with Crippen LogP contribution in [0.2, 0.25) is 0 Å². The zero-order valence-corrected chi connectivity index (χ0v) is 19.0. The topological polar surface area (TPSA) is 51.0 Å². The molecule has 0 saturated heterocycles. The molecule has 0 aliphatic heterocycles. The van der Waals surface area contributed by atoms with Crippen LogP contribution in [0.15, 0.2) is 0 Å². The average molecular weight is 389 g/mol. The Balaban J connectivity index is 5.33. The maximum atomic E-state index is 6.19. The lowest BCUT2D eigenvalue weighted by atomic mass is 10.2. The summed E-state index contributed by atoms with van der Waals surface area (Å²) in [6.45, 7) is 15.3. The first-order chi connectivity index (χ1) is 13.1. The number of rotatable bonds is 20. The zero-order valence-electron chi connectivity index (χ0n) is 19.0. The molecule has 0 amide bonds. The number of nitrogens with zero attached hydrogens (tertiary/aromatic N) is 1. The zero-order chi connectivity index (χ0) is 20.4. The molecule has 5 heteroatoms. The molecule has 0 unspecified atom stereocenters. The van der Waals surface area contributed by atoms with Crippen molar-refractivity contribution in [2.24, 2.45) is 0 Å². The van der Waals surface area contributed by atoms with Gasteiger partial charge in [0.2, 0.25) is 11.8 Å². The maximum absolute atomic E-state index is 6.19. The van der Waals surface area contributed by atoms with Crippen LogP contribution in [0.4, 0.5) is 0 Å². The third-order valence-electron chi connectivity index (χ3n) is 4.54. The van der Waals surface area contributed by atoms with Crippen molar-refractivity contribution in [3.63, 3.8) is 0 Å². The smallest absolute Gasteiger partial charge is 0.247 e. The minimum absolute atomic E-state index is 0.629. The average Bonchev–Trinajstić information content (AvgIpc) is 2.68. The Hall–Kier alpha value is -0.200. The SMILES string of the molecule is CCCCOC(CC)([N]C(CC)(OCCCC)OCCCC)OCCCC. The lowest BCUT2D eigenvalue weighted by Gasteiger charge is -2.41. The van der Waals surface area contributed by atoms with E-state index in [1.54, 1.807) is 0 Å². The van der Waals surface area contributed by atoms with E-state index in [1.807, 2.05) is 0 Å². The van der Waals surface area contributed by atoms with Crippen molar-refractivity contribution < 1.29 is 18.9 Å². The van der Waals surface area contributed by atoms with Gasteiger partial charge in [0.25, 0.3) is 0 Å². The molecule has 0 aliphatic carbocycles. The van der Waals surface area contributed by atoms with Gasteiger partial charge in [-0.05, 0) is 25.7 Å². The van der Waals surface area contributed by atoms with E-state index in [4.69, 9.17) is 24.3 Å². The summed E-state index contributed by atoms with van der Waals surface area (Å²) in [5, 5.41) is 4.97. The molecular formula is C22H46NO4. The van der Waals surface area contributed by atoms with Gasteiger partial charge < -0.3 is 18.9 Å². The molecule has 0 saturated carbocycles. The predicted molar refractivity (Wildman–Crippen MR) is 112 cm³/mol. The van der Waals surface area contributed by atoms with Crippen molar-refractivity contribution in [2.75, 3.05) is 26.4 Å². The van der Waals surface area contributed by atoms with Gasteiger partial charge in [-0.1, -0.05) is 67.2 Å². The van der Waals surface area contributed by atoms with E-state index in [-0.39, 0.29) is 0 Å². The van der Waals surface area contributed by atoms with Gasteiger partial charge in [0.15, 0.2) is 0 Å². The van der Waals surface area contributed by atoms with Crippen molar-refractivity contribution in [1.82, 2.24) is 5.32 Å². The molecule has 0 heterocycles. The van der Waals surface area contributed by atoms with Gasteiger partial charge in [-0.2, -0.15) is 0 Å². The summed E-state index contributed by atoms with van der Waals surface area (Å²) in [5.74, 6) is -2.00. The van der Waals surface area contributed by atoms with Gasteiger partial charge >= 0.3 is 0 Å². The Morgan fingerprint density at radius 2 is 0.741 bits per heavy atom. The van der Waals surface area contributed by atoms with Crippen molar-refractivity contribution >= 4 is 0 Å². The van der Waals surface area contributed by atoms with Gasteiger partial charge in [0.05, 0.1) is 26.4 Å². The van der Waals surface area contributed by atoms with Crippen LogP contribution in [-0.2, 0) is 18.9 Å². The molecule has 0 fully saturated rings. The molecule has 0 spiro atoms. The number of unbranched alkanes of at least 4 members (excludes halogenated alkanes) is 4. The van der Waals surface area contributed by atoms with Crippen LogP contribution in [0.25, 0.3) is 0 Å². The van der Waals surface area contributed by atoms with Crippen molar-refractivity contribution in [2.45, 2.75) is 118 Å². The van der Waals surface area contributed by atoms with E-state index < -0.39 is 11.8 Å². The fourth-order valence-electron chi connectivity index (χ4n) is 2.54. The molecule has 27 heavy (non-hydrogen) atoms. The first kappa shape index (κ1) is 26.8. The van der Waals surface area contributed by atoms with Gasteiger partial charge in [0, 0.05) is 12.8 Å². The number of ether oxygens (including phenoxy) is 4. The summed E-state index contributed by atoms with van der Waals surface area (Å²) < 4.78 is 24.7. The Bertz CT molecular complexity index is 275. The van der Waals surface area contributed by atoms with Crippen LogP contribution < -0.4 is 5.32 Å². The van der Waals surface area contributed by atoms with Crippen molar-refractivity contribution in [1.29, 1.82) is 0 Å². The maximum Gasteiger partial charge on any atom is 0.247 e. The van der Waals surface area contributed by atoms with Crippen LogP contribution in [-0.4, -0.2) is 38.2 Å². The second kappa shape index (κ2) is 16.7. The lowest BCUT2D eigenvalue weighted by Crippen LogP contribution is -2.58. The first-order valence-corrected chi connectivity index (χ1v) is 11.4. The van der Waals surface area contributed by atoms with Crippen LogP contribution in [0.3, 0.4) is 0 Å². The standard InChI is InChI=1S/C22H46NO4/c1-7-13-17-24-21(11-5,25-18-14-8-2)23-22(12-6,26-19-15-9-3)27-20-16-10-4/h7-20H2,1-6H3. The normalized spacial score (nSPS) is 12.7. The summed E-state index contributed by atoms with van der Waals surface area (Å²) in [7, 11) is 0. The van der Waals surface area contributed by atoms with Crippen LogP contribution in [0, 0.1) is 0 Å². The van der Waals surface area contributed by atoms with E-state index >= 15 is 0 Å². The van der Waals surface area contributed by atoms with Gasteiger partial charge in [-0.25, -0.2) is 0 Å². The summed E-state index contributed by atoms with van der Waals surface area (Å²) >= 11 is 0. The van der Waals surface area contributed by atoms with E-state index in [1.165, 1.54) is 0 Å². The fourth-order valence-corrected chi connectivity index (χ4v) is 2.54. The second-order valence-electron chi connectivity index (χ2n) is 7.05. The second-order valence-corrected chi connectivity index (χ2v) is 7.05. The highest BCUT2D eigenvalue weighted by atomic mass is 16.8. The summed E-state index contributed by atoms with van der Waals surface area (Å²) in [4.78, 5) is 0. The van der Waals surface area contributed by atoms with Gasteiger partial charge in [-0.3, -0.25) is 0 Å². The fraction of sp³-hybridized carbons (Fsp3) is 1.00. The van der Waals surface area contributed by atoms with E-state index in [0.29, 0.717) is 39.3 Å². The van der Waals surface area contributed by atoms with Crippen LogP contribution in [0.5, 0.6) is 0 Å². The summed E-state index contributed by atoms with van der Waals surface area (Å²) in [5.41, 5.74) is 0. The first-order valence-electron chi connectivity index (χ1n) is 11.4. The number of hydrogen-bond acceptors (Lipinski definition) is 4. The minimum atomic E-state index is -1.00. The third-order valence-corrected chi connectivity index (χ3v) is 4.54. The molecule has 0 N–H and O–H groups in total. The summed E-state index contributed by atoms with van der Waals surface area (Å²) in [6.07, 6.45) is 9.53. The largest absolute Gasteiger partial charge is 0.336 e. The molecule has 0 bridgehead atoms. The Morgan fingerprint density at radius 1 is 0.481 bits per heavy atom. The summed E-state index contributed by atoms with van der Waals surface area (Å²) in [6, 6.07) is 0. The van der Waals surface area contributed by atoms with Crippen LogP contribution in [0.1, 0.15) is 106 Å².